The summed E-state index contributed by atoms with van der Waals surface area (Å²) < 4.78 is 5.58. The molecule has 6 nitrogen and oxygen atoms in total. The molecule has 0 radical (unpaired) electrons. The van der Waals surface area contributed by atoms with Crippen LogP contribution in [0.3, 0.4) is 0 Å². The first kappa shape index (κ1) is 21.5. The number of nitrogens with one attached hydrogen (secondary N) is 1. The Bertz CT molecular complexity index is 850. The Hall–Kier alpha value is -2.16. The number of piperazine rings is 1. The van der Waals surface area contributed by atoms with Gasteiger partial charge in [0.15, 0.2) is 5.96 Å². The fraction of sp³-hybridized carbons (Fsp3) is 0.409. The summed E-state index contributed by atoms with van der Waals surface area (Å²) >= 11 is 0. The number of ether oxygens (including phenoxy) is 1. The topological polar surface area (TPSA) is 60.3 Å². The zero-order valence-electron chi connectivity index (χ0n) is 16.8. The average Bonchev–Trinajstić information content (AvgIpc) is 3.20. The van der Waals surface area contributed by atoms with Gasteiger partial charge in [0.05, 0.1) is 12.3 Å². The van der Waals surface area contributed by atoms with Crippen molar-refractivity contribution >= 4 is 35.6 Å². The van der Waals surface area contributed by atoms with Gasteiger partial charge in [-0.3, -0.25) is 4.99 Å². The zero-order chi connectivity index (χ0) is 19.3. The summed E-state index contributed by atoms with van der Waals surface area (Å²) in [5.41, 5.74) is 3.56. The van der Waals surface area contributed by atoms with Gasteiger partial charge in [0.1, 0.15) is 11.5 Å². The standard InChI is InChI=1S/C22H28N4O2.HI/c1-23-22(24-10-8-17-6-7-21-18(16-17)9-15-28-21)26-13-11-25(12-14-26)19-4-2-3-5-20(19)27;/h2-7,16,27H,8-15H2,1H3,(H,23,24);1H. The highest BCUT2D eigenvalue weighted by molar-refractivity contribution is 14.0. The fourth-order valence-electron chi connectivity index (χ4n) is 3.94. The lowest BCUT2D eigenvalue weighted by atomic mass is 10.1. The van der Waals surface area contributed by atoms with Crippen molar-refractivity contribution in [1.82, 2.24) is 10.2 Å². The molecule has 4 rings (SSSR count). The predicted molar refractivity (Wildman–Crippen MR) is 128 cm³/mol. The summed E-state index contributed by atoms with van der Waals surface area (Å²) in [7, 11) is 1.84. The lowest BCUT2D eigenvalue weighted by Gasteiger charge is -2.37. The van der Waals surface area contributed by atoms with Crippen LogP contribution in [-0.2, 0) is 12.8 Å². The van der Waals surface area contributed by atoms with Crippen LogP contribution < -0.4 is 15.0 Å². The number of hydrogen-bond donors (Lipinski definition) is 2. The Morgan fingerprint density at radius 2 is 1.93 bits per heavy atom. The number of phenols is 1. The van der Waals surface area contributed by atoms with E-state index in [0.717, 1.165) is 69.6 Å². The van der Waals surface area contributed by atoms with Crippen molar-refractivity contribution in [3.05, 3.63) is 53.6 Å². The number of nitrogens with zero attached hydrogens (tertiary/aromatic N) is 3. The smallest absolute Gasteiger partial charge is 0.193 e. The van der Waals surface area contributed by atoms with E-state index in [2.05, 4.69) is 38.3 Å². The Morgan fingerprint density at radius 1 is 1.14 bits per heavy atom. The van der Waals surface area contributed by atoms with Crippen molar-refractivity contribution in [2.24, 2.45) is 4.99 Å². The number of phenolic OH excluding ortho intramolecular Hbond substituents is 1. The third kappa shape index (κ3) is 5.07. The van der Waals surface area contributed by atoms with Crippen molar-refractivity contribution in [1.29, 1.82) is 0 Å². The minimum Gasteiger partial charge on any atom is -0.506 e. The molecular weight excluding hydrogens is 479 g/mol. The summed E-state index contributed by atoms with van der Waals surface area (Å²) in [4.78, 5) is 8.97. The van der Waals surface area contributed by atoms with Gasteiger partial charge in [0.25, 0.3) is 0 Å². The van der Waals surface area contributed by atoms with Gasteiger partial charge in [-0.15, -0.1) is 24.0 Å². The first-order valence-electron chi connectivity index (χ1n) is 9.98. The van der Waals surface area contributed by atoms with E-state index in [0.29, 0.717) is 5.75 Å². The molecule has 2 heterocycles. The van der Waals surface area contributed by atoms with Crippen LogP contribution in [0.2, 0.25) is 0 Å². The second-order valence-corrected chi connectivity index (χ2v) is 7.23. The average molecular weight is 508 g/mol. The third-order valence-electron chi connectivity index (χ3n) is 5.46. The second kappa shape index (κ2) is 10.0. The van der Waals surface area contributed by atoms with E-state index in [1.165, 1.54) is 11.1 Å². The van der Waals surface area contributed by atoms with E-state index < -0.39 is 0 Å². The molecule has 156 valence electrons. The second-order valence-electron chi connectivity index (χ2n) is 7.23. The first-order valence-corrected chi connectivity index (χ1v) is 9.98. The van der Waals surface area contributed by atoms with Crippen LogP contribution in [0.25, 0.3) is 0 Å². The Morgan fingerprint density at radius 3 is 2.69 bits per heavy atom. The monoisotopic (exact) mass is 508 g/mol. The quantitative estimate of drug-likeness (QED) is 0.378. The van der Waals surface area contributed by atoms with Gasteiger partial charge in [-0.25, -0.2) is 0 Å². The number of hydrogen-bond acceptors (Lipinski definition) is 4. The highest BCUT2D eigenvalue weighted by Crippen LogP contribution is 2.27. The van der Waals surface area contributed by atoms with Crippen molar-refractivity contribution in [2.45, 2.75) is 12.8 Å². The van der Waals surface area contributed by atoms with Crippen molar-refractivity contribution in [3.8, 4) is 11.5 Å². The van der Waals surface area contributed by atoms with Crippen LogP contribution in [0.4, 0.5) is 5.69 Å². The highest BCUT2D eigenvalue weighted by atomic mass is 127. The minimum atomic E-state index is 0. The molecule has 0 unspecified atom stereocenters. The molecule has 2 aliphatic rings. The summed E-state index contributed by atoms with van der Waals surface area (Å²) in [6.07, 6.45) is 1.98. The molecule has 0 bridgehead atoms. The van der Waals surface area contributed by atoms with E-state index in [9.17, 15) is 5.11 Å². The van der Waals surface area contributed by atoms with Crippen molar-refractivity contribution in [3.63, 3.8) is 0 Å². The normalized spacial score (nSPS) is 16.1. The van der Waals surface area contributed by atoms with Crippen molar-refractivity contribution < 1.29 is 9.84 Å². The van der Waals surface area contributed by atoms with Gasteiger partial charge >= 0.3 is 0 Å². The van der Waals surface area contributed by atoms with E-state index in [4.69, 9.17) is 4.74 Å². The summed E-state index contributed by atoms with van der Waals surface area (Å²) in [5.74, 6) is 2.33. The lowest BCUT2D eigenvalue weighted by molar-refractivity contribution is 0.357. The zero-order valence-corrected chi connectivity index (χ0v) is 19.1. The minimum absolute atomic E-state index is 0. The summed E-state index contributed by atoms with van der Waals surface area (Å²) in [6, 6.07) is 14.0. The van der Waals surface area contributed by atoms with E-state index in [1.807, 2.05) is 25.2 Å². The molecule has 1 saturated heterocycles. The van der Waals surface area contributed by atoms with E-state index in [-0.39, 0.29) is 24.0 Å². The molecule has 29 heavy (non-hydrogen) atoms. The molecule has 7 heteroatoms. The van der Waals surface area contributed by atoms with Gasteiger partial charge in [-0.2, -0.15) is 0 Å². The molecule has 0 atom stereocenters. The maximum atomic E-state index is 10.1. The maximum absolute atomic E-state index is 10.1. The molecule has 1 fully saturated rings. The van der Waals surface area contributed by atoms with Crippen LogP contribution in [0.5, 0.6) is 11.5 Å². The Balaban J connectivity index is 0.00000240. The molecule has 0 spiro atoms. The summed E-state index contributed by atoms with van der Waals surface area (Å²) in [6.45, 7) is 5.14. The van der Waals surface area contributed by atoms with Gasteiger partial charge in [-0.1, -0.05) is 24.3 Å². The van der Waals surface area contributed by atoms with Gasteiger partial charge in [0, 0.05) is 46.2 Å². The number of rotatable bonds is 4. The van der Waals surface area contributed by atoms with Crippen LogP contribution >= 0.6 is 24.0 Å². The molecule has 0 amide bonds. The van der Waals surface area contributed by atoms with Crippen LogP contribution in [0, 0.1) is 0 Å². The summed E-state index contributed by atoms with van der Waals surface area (Å²) in [5, 5.41) is 13.6. The van der Waals surface area contributed by atoms with Crippen molar-refractivity contribution in [2.75, 3.05) is 51.3 Å². The molecule has 0 aliphatic carbocycles. The number of fused-ring (bicyclic) bond motifs is 1. The van der Waals surface area contributed by atoms with Crippen LogP contribution in [0.15, 0.2) is 47.5 Å². The number of guanidine groups is 1. The molecule has 2 aliphatic heterocycles. The van der Waals surface area contributed by atoms with Gasteiger partial charge in [-0.05, 0) is 35.7 Å². The SMILES string of the molecule is CN=C(NCCc1ccc2c(c1)CCO2)N1CCN(c2ccccc2O)CC1.I. The molecule has 2 aromatic carbocycles. The lowest BCUT2D eigenvalue weighted by Crippen LogP contribution is -2.52. The fourth-order valence-corrected chi connectivity index (χ4v) is 3.94. The molecule has 2 aromatic rings. The number of aliphatic imine (C=N–C) groups is 1. The van der Waals surface area contributed by atoms with E-state index in [1.54, 1.807) is 6.07 Å². The number of para-hydroxylation sites is 2. The Labute approximate surface area is 189 Å². The Kier molecular flexibility index (Phi) is 7.46. The van der Waals surface area contributed by atoms with Crippen LogP contribution in [0.1, 0.15) is 11.1 Å². The number of anilines is 1. The largest absolute Gasteiger partial charge is 0.506 e. The van der Waals surface area contributed by atoms with Crippen LogP contribution in [-0.4, -0.2) is 62.3 Å². The van der Waals surface area contributed by atoms with Gasteiger partial charge < -0.3 is 25.0 Å². The number of halogens is 1. The van der Waals surface area contributed by atoms with E-state index >= 15 is 0 Å². The maximum Gasteiger partial charge on any atom is 0.193 e. The first-order chi connectivity index (χ1) is 13.7. The molecular formula is C22H29IN4O2. The predicted octanol–water partition coefficient (Wildman–Crippen LogP) is 2.89. The molecule has 0 aromatic heterocycles. The highest BCUT2D eigenvalue weighted by Gasteiger charge is 2.21. The molecule has 2 N–H and O–H groups in total. The number of benzene rings is 2. The molecule has 0 saturated carbocycles. The number of aromatic hydroxyl groups is 1. The van der Waals surface area contributed by atoms with Gasteiger partial charge in [0.2, 0.25) is 0 Å². The third-order valence-corrected chi connectivity index (χ3v) is 5.46.